The summed E-state index contributed by atoms with van der Waals surface area (Å²) in [5, 5.41) is 5.26. The highest BCUT2D eigenvalue weighted by Gasteiger charge is 2.12. The number of nitrogens with zero attached hydrogens (tertiary/aromatic N) is 2. The summed E-state index contributed by atoms with van der Waals surface area (Å²) < 4.78 is 28.0. The minimum atomic E-state index is -0.878. The van der Waals surface area contributed by atoms with Crippen LogP contribution in [0.15, 0.2) is 55.1 Å². The zero-order chi connectivity index (χ0) is 19.4. The number of rotatable bonds is 5. The Morgan fingerprint density at radius 3 is 2.48 bits per heavy atom. The van der Waals surface area contributed by atoms with E-state index in [-0.39, 0.29) is 12.1 Å². The molecule has 3 aromatic rings. The molecule has 6 nitrogen and oxygen atoms in total. The normalized spacial score (nSPS) is 10.5. The smallest absolute Gasteiger partial charge is 0.251 e. The summed E-state index contributed by atoms with van der Waals surface area (Å²) in [4.78, 5) is 27.8. The fraction of sp³-hybridized carbons (Fsp3) is 0.0556. The lowest BCUT2D eigenvalue weighted by Crippen LogP contribution is -2.33. The van der Waals surface area contributed by atoms with Crippen molar-refractivity contribution in [2.45, 2.75) is 0 Å². The molecule has 0 saturated carbocycles. The molecule has 0 atom stereocenters. The monoisotopic (exact) mass is 390 g/mol. The van der Waals surface area contributed by atoms with Crippen LogP contribution in [0.2, 0.25) is 5.02 Å². The van der Waals surface area contributed by atoms with Crippen molar-refractivity contribution in [2.24, 2.45) is 0 Å². The largest absolute Gasteiger partial charge is 0.343 e. The van der Waals surface area contributed by atoms with Crippen molar-refractivity contribution >= 4 is 29.1 Å². The molecule has 2 amide bonds. The van der Waals surface area contributed by atoms with E-state index in [0.29, 0.717) is 22.5 Å². The van der Waals surface area contributed by atoms with Gasteiger partial charge in [-0.05, 0) is 30.3 Å². The molecule has 1 heterocycles. The van der Waals surface area contributed by atoms with Crippen molar-refractivity contribution in [3.63, 3.8) is 0 Å². The van der Waals surface area contributed by atoms with E-state index in [1.807, 2.05) is 0 Å². The maximum atomic E-state index is 13.1. The molecule has 0 unspecified atom stereocenters. The number of anilines is 1. The molecule has 138 valence electrons. The predicted octanol–water partition coefficient (Wildman–Crippen LogP) is 3.17. The van der Waals surface area contributed by atoms with Crippen LogP contribution in [-0.4, -0.2) is 27.9 Å². The van der Waals surface area contributed by atoms with E-state index < -0.39 is 23.4 Å². The third kappa shape index (κ3) is 4.68. The average molecular weight is 391 g/mol. The maximum absolute atomic E-state index is 13.1. The van der Waals surface area contributed by atoms with E-state index in [9.17, 15) is 18.4 Å². The third-order valence-electron chi connectivity index (χ3n) is 3.55. The van der Waals surface area contributed by atoms with Crippen molar-refractivity contribution < 1.29 is 18.4 Å². The molecule has 0 aliphatic heterocycles. The Balaban J connectivity index is 1.59. The van der Waals surface area contributed by atoms with Gasteiger partial charge in [-0.3, -0.25) is 9.59 Å². The summed E-state index contributed by atoms with van der Waals surface area (Å²) in [5.74, 6) is -3.04. The maximum Gasteiger partial charge on any atom is 0.251 e. The number of amides is 2. The number of aromatic nitrogens is 2. The lowest BCUT2D eigenvalue weighted by atomic mass is 10.2. The van der Waals surface area contributed by atoms with Crippen LogP contribution in [0, 0.1) is 11.6 Å². The first-order chi connectivity index (χ1) is 12.9. The summed E-state index contributed by atoms with van der Waals surface area (Å²) in [5.41, 5.74) is 0.904. The molecule has 0 spiro atoms. The molecule has 2 N–H and O–H groups in total. The molecule has 0 fully saturated rings. The highest BCUT2D eigenvalue weighted by Crippen LogP contribution is 2.24. The highest BCUT2D eigenvalue weighted by atomic mass is 35.5. The molecule has 0 aliphatic rings. The van der Waals surface area contributed by atoms with Crippen LogP contribution in [0.3, 0.4) is 0 Å². The average Bonchev–Trinajstić information content (AvgIpc) is 3.13. The number of halogens is 3. The van der Waals surface area contributed by atoms with Gasteiger partial charge in [0.2, 0.25) is 5.91 Å². The van der Waals surface area contributed by atoms with E-state index >= 15 is 0 Å². The number of carbonyl (C=O) groups excluding carboxylic acids is 2. The standard InChI is InChI=1S/C18H13ClF2N4O2/c19-15-8-14(1-2-16(15)25-4-3-22-10-25)24-17(26)9-23-18(27)11-5-12(20)7-13(21)6-11/h1-8,10H,9H2,(H,23,27)(H,24,26). The topological polar surface area (TPSA) is 76.0 Å². The van der Waals surface area contributed by atoms with Gasteiger partial charge in [-0.2, -0.15) is 0 Å². The lowest BCUT2D eigenvalue weighted by Gasteiger charge is -2.10. The van der Waals surface area contributed by atoms with E-state index in [1.54, 1.807) is 41.5 Å². The Bertz CT molecular complexity index is 973. The van der Waals surface area contributed by atoms with Gasteiger partial charge in [-0.15, -0.1) is 0 Å². The fourth-order valence-electron chi connectivity index (χ4n) is 2.35. The summed E-state index contributed by atoms with van der Waals surface area (Å²) in [6.07, 6.45) is 4.92. The molecule has 27 heavy (non-hydrogen) atoms. The molecular weight excluding hydrogens is 378 g/mol. The van der Waals surface area contributed by atoms with Gasteiger partial charge >= 0.3 is 0 Å². The Labute approximate surface area is 157 Å². The van der Waals surface area contributed by atoms with Gasteiger partial charge < -0.3 is 15.2 Å². The second-order valence-corrected chi connectivity index (χ2v) is 5.93. The van der Waals surface area contributed by atoms with Gasteiger partial charge in [0.1, 0.15) is 11.6 Å². The van der Waals surface area contributed by atoms with Crippen LogP contribution >= 0.6 is 11.6 Å². The van der Waals surface area contributed by atoms with Crippen LogP contribution in [0.25, 0.3) is 5.69 Å². The molecule has 1 aromatic heterocycles. The zero-order valence-corrected chi connectivity index (χ0v) is 14.5. The van der Waals surface area contributed by atoms with Gasteiger partial charge in [-0.1, -0.05) is 11.6 Å². The molecule has 3 rings (SSSR count). The van der Waals surface area contributed by atoms with Crippen LogP contribution < -0.4 is 10.6 Å². The Kier molecular flexibility index (Phi) is 5.46. The van der Waals surface area contributed by atoms with Gasteiger partial charge in [-0.25, -0.2) is 13.8 Å². The molecule has 2 aromatic carbocycles. The van der Waals surface area contributed by atoms with Gasteiger partial charge in [0.05, 0.1) is 23.6 Å². The molecule has 0 bridgehead atoms. The molecule has 0 saturated heterocycles. The van der Waals surface area contributed by atoms with E-state index in [1.165, 1.54) is 0 Å². The first kappa shape index (κ1) is 18.5. The number of nitrogens with one attached hydrogen (secondary N) is 2. The third-order valence-corrected chi connectivity index (χ3v) is 3.85. The van der Waals surface area contributed by atoms with Gasteiger partial charge in [0.15, 0.2) is 0 Å². The van der Waals surface area contributed by atoms with E-state index in [4.69, 9.17) is 11.6 Å². The number of benzene rings is 2. The van der Waals surface area contributed by atoms with Crippen molar-refractivity contribution in [3.05, 3.63) is 77.3 Å². The quantitative estimate of drug-likeness (QED) is 0.702. The SMILES string of the molecule is O=C(CNC(=O)c1cc(F)cc(F)c1)Nc1ccc(-n2ccnc2)c(Cl)c1. The van der Waals surface area contributed by atoms with Crippen LogP contribution in [0.4, 0.5) is 14.5 Å². The Morgan fingerprint density at radius 2 is 1.85 bits per heavy atom. The zero-order valence-electron chi connectivity index (χ0n) is 13.7. The van der Waals surface area contributed by atoms with Gasteiger partial charge in [0.25, 0.3) is 5.91 Å². The molecule has 0 aliphatic carbocycles. The lowest BCUT2D eigenvalue weighted by molar-refractivity contribution is -0.115. The van der Waals surface area contributed by atoms with Crippen molar-refractivity contribution in [3.8, 4) is 5.69 Å². The number of imidazole rings is 1. The first-order valence-electron chi connectivity index (χ1n) is 7.74. The number of carbonyl (C=O) groups is 2. The second kappa shape index (κ2) is 7.96. The van der Waals surface area contributed by atoms with Gasteiger partial charge in [0, 0.05) is 29.7 Å². The summed E-state index contributed by atoms with van der Waals surface area (Å²) in [7, 11) is 0. The number of hydrogen-bond acceptors (Lipinski definition) is 3. The summed E-state index contributed by atoms with van der Waals surface area (Å²) >= 11 is 6.20. The minimum Gasteiger partial charge on any atom is -0.343 e. The fourth-order valence-corrected chi connectivity index (χ4v) is 2.63. The van der Waals surface area contributed by atoms with Crippen LogP contribution in [0.1, 0.15) is 10.4 Å². The Morgan fingerprint density at radius 1 is 1.11 bits per heavy atom. The Hall–Kier alpha value is -3.26. The number of hydrogen-bond donors (Lipinski definition) is 2. The second-order valence-electron chi connectivity index (χ2n) is 5.53. The predicted molar refractivity (Wildman–Crippen MR) is 95.9 cm³/mol. The van der Waals surface area contributed by atoms with Crippen molar-refractivity contribution in [2.75, 3.05) is 11.9 Å². The molecular formula is C18H13ClF2N4O2. The minimum absolute atomic E-state index is 0.215. The van der Waals surface area contributed by atoms with E-state index in [0.717, 1.165) is 12.1 Å². The summed E-state index contributed by atoms with van der Waals surface area (Å²) in [6, 6.07) is 7.31. The molecule has 0 radical (unpaired) electrons. The van der Waals surface area contributed by atoms with Crippen molar-refractivity contribution in [1.82, 2.24) is 14.9 Å². The van der Waals surface area contributed by atoms with Crippen molar-refractivity contribution in [1.29, 1.82) is 0 Å². The molecule has 9 heteroatoms. The van der Waals surface area contributed by atoms with E-state index in [2.05, 4.69) is 15.6 Å². The summed E-state index contributed by atoms with van der Waals surface area (Å²) in [6.45, 7) is -0.377. The van der Waals surface area contributed by atoms with Crippen LogP contribution in [0.5, 0.6) is 0 Å². The highest BCUT2D eigenvalue weighted by molar-refractivity contribution is 6.32. The first-order valence-corrected chi connectivity index (χ1v) is 8.12. The van der Waals surface area contributed by atoms with Crippen LogP contribution in [-0.2, 0) is 4.79 Å².